The Bertz CT molecular complexity index is 363. The zero-order chi connectivity index (χ0) is 12.1. The Labute approximate surface area is 102 Å². The number of hydrogen-bond acceptors (Lipinski definition) is 4. The van der Waals surface area contributed by atoms with Crippen LogP contribution < -0.4 is 11.1 Å². The number of halogens is 2. The topological polar surface area (TPSA) is 67.5 Å². The van der Waals surface area contributed by atoms with Gasteiger partial charge in [-0.3, -0.25) is 0 Å². The maximum atomic E-state index is 13.3. The van der Waals surface area contributed by atoms with Gasteiger partial charge in [-0.1, -0.05) is 0 Å². The molecule has 1 aromatic carbocycles. The van der Waals surface area contributed by atoms with Crippen molar-refractivity contribution < 1.29 is 14.2 Å². The van der Waals surface area contributed by atoms with E-state index in [9.17, 15) is 4.39 Å². The summed E-state index contributed by atoms with van der Waals surface area (Å²) in [4.78, 5) is 0. The van der Waals surface area contributed by atoms with Crippen LogP contribution in [0.2, 0.25) is 0 Å². The summed E-state index contributed by atoms with van der Waals surface area (Å²) in [5.41, 5.74) is 6.55. The van der Waals surface area contributed by atoms with Crippen LogP contribution in [0.4, 0.5) is 15.8 Å². The summed E-state index contributed by atoms with van der Waals surface area (Å²) in [6, 6.07) is 2.43. The van der Waals surface area contributed by atoms with Gasteiger partial charge in [0.05, 0.1) is 35.1 Å². The van der Waals surface area contributed by atoms with Crippen molar-refractivity contribution in [1.82, 2.24) is 0 Å². The van der Waals surface area contributed by atoms with Gasteiger partial charge in [0.2, 0.25) is 0 Å². The number of nitrogen functional groups attached to an aromatic ring is 1. The van der Waals surface area contributed by atoms with Crippen LogP contribution in [0.3, 0.4) is 0 Å². The molecule has 0 saturated carbocycles. The van der Waals surface area contributed by atoms with Crippen molar-refractivity contribution in [3.63, 3.8) is 0 Å². The van der Waals surface area contributed by atoms with E-state index in [0.29, 0.717) is 22.5 Å². The minimum absolute atomic E-state index is 0.120. The monoisotopic (exact) mass is 292 g/mol. The van der Waals surface area contributed by atoms with Gasteiger partial charge in [0, 0.05) is 13.2 Å². The second kappa shape index (κ2) is 6.03. The first-order chi connectivity index (χ1) is 7.58. The molecule has 1 rings (SSSR count). The summed E-state index contributed by atoms with van der Waals surface area (Å²) in [6.45, 7) is 0.193. The fourth-order valence-electron chi connectivity index (χ4n) is 1.25. The number of nitrogens with two attached hydrogens (primary N) is 1. The third-order valence-corrected chi connectivity index (χ3v) is 2.65. The second-order valence-electron chi connectivity index (χ2n) is 3.33. The number of anilines is 2. The van der Waals surface area contributed by atoms with E-state index in [1.165, 1.54) is 19.2 Å². The zero-order valence-electron chi connectivity index (χ0n) is 8.84. The lowest BCUT2D eigenvalue weighted by Crippen LogP contribution is -2.29. The van der Waals surface area contributed by atoms with E-state index in [-0.39, 0.29) is 12.6 Å². The number of aliphatic hydroxyl groups is 1. The lowest BCUT2D eigenvalue weighted by atomic mass is 10.2. The highest BCUT2D eigenvalue weighted by atomic mass is 79.9. The number of ether oxygens (including phenoxy) is 1. The minimum atomic E-state index is -0.411. The molecule has 0 radical (unpaired) electrons. The summed E-state index contributed by atoms with van der Waals surface area (Å²) in [7, 11) is 1.52. The molecule has 16 heavy (non-hydrogen) atoms. The van der Waals surface area contributed by atoms with E-state index in [0.717, 1.165) is 0 Å². The first-order valence-corrected chi connectivity index (χ1v) is 5.48. The Morgan fingerprint density at radius 3 is 2.88 bits per heavy atom. The fraction of sp³-hybridized carbons (Fsp3) is 0.400. The van der Waals surface area contributed by atoms with Crippen molar-refractivity contribution in [3.05, 3.63) is 22.4 Å². The lowest BCUT2D eigenvalue weighted by molar-refractivity contribution is 0.153. The average Bonchev–Trinajstić information content (AvgIpc) is 2.25. The molecule has 1 atom stereocenters. The fourth-order valence-corrected chi connectivity index (χ4v) is 1.61. The van der Waals surface area contributed by atoms with Crippen LogP contribution in [0.15, 0.2) is 16.6 Å². The van der Waals surface area contributed by atoms with Gasteiger partial charge >= 0.3 is 0 Å². The third kappa shape index (κ3) is 3.33. The SMILES string of the molecule is COCC(CO)Nc1cc(F)c(Br)cc1N. The van der Waals surface area contributed by atoms with Crippen LogP contribution in [0.25, 0.3) is 0 Å². The Balaban J connectivity index is 2.83. The number of hydrogen-bond donors (Lipinski definition) is 3. The summed E-state index contributed by atoms with van der Waals surface area (Å²) in [6.07, 6.45) is 0. The summed E-state index contributed by atoms with van der Waals surface area (Å²) in [5, 5.41) is 12.0. The molecular weight excluding hydrogens is 279 g/mol. The number of benzene rings is 1. The molecule has 0 aliphatic rings. The predicted molar refractivity (Wildman–Crippen MR) is 64.9 cm³/mol. The van der Waals surface area contributed by atoms with Gasteiger partial charge in [0.1, 0.15) is 5.82 Å². The van der Waals surface area contributed by atoms with Crippen molar-refractivity contribution in [2.45, 2.75) is 6.04 Å². The Kier molecular flexibility index (Phi) is 4.98. The van der Waals surface area contributed by atoms with Crippen molar-refractivity contribution in [1.29, 1.82) is 0 Å². The van der Waals surface area contributed by atoms with E-state index < -0.39 is 5.82 Å². The van der Waals surface area contributed by atoms with Crippen molar-refractivity contribution in [3.8, 4) is 0 Å². The van der Waals surface area contributed by atoms with Crippen LogP contribution in [-0.4, -0.2) is 31.5 Å². The third-order valence-electron chi connectivity index (χ3n) is 2.04. The lowest BCUT2D eigenvalue weighted by Gasteiger charge is -2.18. The molecule has 6 heteroatoms. The quantitative estimate of drug-likeness (QED) is 0.721. The molecule has 90 valence electrons. The molecule has 0 aromatic heterocycles. The molecule has 1 aromatic rings. The smallest absolute Gasteiger partial charge is 0.139 e. The zero-order valence-corrected chi connectivity index (χ0v) is 10.4. The summed E-state index contributed by atoms with van der Waals surface area (Å²) in [5.74, 6) is -0.411. The highest BCUT2D eigenvalue weighted by Gasteiger charge is 2.11. The van der Waals surface area contributed by atoms with E-state index in [2.05, 4.69) is 21.2 Å². The van der Waals surface area contributed by atoms with Gasteiger partial charge < -0.3 is 20.9 Å². The highest BCUT2D eigenvalue weighted by molar-refractivity contribution is 9.10. The van der Waals surface area contributed by atoms with Crippen molar-refractivity contribution in [2.24, 2.45) is 0 Å². The van der Waals surface area contributed by atoms with Crippen molar-refractivity contribution in [2.75, 3.05) is 31.4 Å². The first-order valence-electron chi connectivity index (χ1n) is 4.69. The molecule has 0 aliphatic heterocycles. The van der Waals surface area contributed by atoms with Crippen LogP contribution in [-0.2, 0) is 4.74 Å². The van der Waals surface area contributed by atoms with Gasteiger partial charge in [-0.05, 0) is 22.0 Å². The molecular formula is C10H14BrFN2O2. The second-order valence-corrected chi connectivity index (χ2v) is 4.19. The molecule has 0 heterocycles. The predicted octanol–water partition coefficient (Wildman–Crippen LogP) is 1.59. The van der Waals surface area contributed by atoms with Crippen LogP contribution in [0.1, 0.15) is 0 Å². The highest BCUT2D eigenvalue weighted by Crippen LogP contribution is 2.26. The maximum Gasteiger partial charge on any atom is 0.139 e. The molecule has 0 bridgehead atoms. The van der Waals surface area contributed by atoms with E-state index >= 15 is 0 Å². The van der Waals surface area contributed by atoms with Crippen LogP contribution in [0.5, 0.6) is 0 Å². The largest absolute Gasteiger partial charge is 0.397 e. The molecule has 0 spiro atoms. The van der Waals surface area contributed by atoms with Crippen molar-refractivity contribution >= 4 is 27.3 Å². The Morgan fingerprint density at radius 1 is 1.62 bits per heavy atom. The number of rotatable bonds is 5. The summed E-state index contributed by atoms with van der Waals surface area (Å²) < 4.78 is 18.5. The van der Waals surface area contributed by atoms with Crippen LogP contribution >= 0.6 is 15.9 Å². The molecule has 0 aliphatic carbocycles. The minimum Gasteiger partial charge on any atom is -0.397 e. The van der Waals surface area contributed by atoms with E-state index in [1.54, 1.807) is 0 Å². The molecule has 0 amide bonds. The Morgan fingerprint density at radius 2 is 2.31 bits per heavy atom. The number of nitrogens with one attached hydrogen (secondary N) is 1. The first kappa shape index (κ1) is 13.2. The summed E-state index contributed by atoms with van der Waals surface area (Å²) >= 11 is 3.04. The Hall–Kier alpha value is -0.850. The molecule has 4 N–H and O–H groups in total. The van der Waals surface area contributed by atoms with Gasteiger partial charge in [-0.2, -0.15) is 0 Å². The number of methoxy groups -OCH3 is 1. The van der Waals surface area contributed by atoms with Gasteiger partial charge in [-0.25, -0.2) is 4.39 Å². The standard InChI is InChI=1S/C10H14BrFN2O2/c1-16-5-6(4-15)14-10-3-8(12)7(11)2-9(10)13/h2-3,6,14-15H,4-5,13H2,1H3. The van der Waals surface area contributed by atoms with Gasteiger partial charge in [-0.15, -0.1) is 0 Å². The van der Waals surface area contributed by atoms with Gasteiger partial charge in [0.15, 0.2) is 0 Å². The van der Waals surface area contributed by atoms with Crippen LogP contribution in [0, 0.1) is 5.82 Å². The molecule has 1 unspecified atom stereocenters. The van der Waals surface area contributed by atoms with E-state index in [1.807, 2.05) is 0 Å². The van der Waals surface area contributed by atoms with Gasteiger partial charge in [0.25, 0.3) is 0 Å². The number of aliphatic hydroxyl groups excluding tert-OH is 1. The molecule has 0 saturated heterocycles. The maximum absolute atomic E-state index is 13.3. The average molecular weight is 293 g/mol. The molecule has 0 fully saturated rings. The normalized spacial score (nSPS) is 12.5. The van der Waals surface area contributed by atoms with E-state index in [4.69, 9.17) is 15.6 Å². The molecule has 4 nitrogen and oxygen atoms in total.